The van der Waals surface area contributed by atoms with E-state index in [9.17, 15) is 9.59 Å². The molecule has 0 unspecified atom stereocenters. The third-order valence-corrected chi connectivity index (χ3v) is 3.31. The molecule has 110 valence electrons. The van der Waals surface area contributed by atoms with Gasteiger partial charge in [0, 0.05) is 18.9 Å². The van der Waals surface area contributed by atoms with Crippen molar-refractivity contribution in [3.8, 4) is 0 Å². The van der Waals surface area contributed by atoms with Gasteiger partial charge in [-0.1, -0.05) is 19.0 Å². The van der Waals surface area contributed by atoms with E-state index >= 15 is 0 Å². The summed E-state index contributed by atoms with van der Waals surface area (Å²) in [5, 5.41) is 15.3. The van der Waals surface area contributed by atoms with Gasteiger partial charge in [-0.3, -0.25) is 9.59 Å². The molecule has 2 rings (SSSR count). The molecule has 0 bridgehead atoms. The predicted molar refractivity (Wildman–Crippen MR) is 69.0 cm³/mol. The zero-order chi connectivity index (χ0) is 14.7. The Kier molecular flexibility index (Phi) is 4.36. The molecule has 7 heteroatoms. The van der Waals surface area contributed by atoms with Crippen LogP contribution in [0, 0.1) is 11.8 Å². The van der Waals surface area contributed by atoms with E-state index in [0.717, 1.165) is 0 Å². The Hall–Kier alpha value is -1.92. The zero-order valence-electron chi connectivity index (χ0n) is 11.6. The highest BCUT2D eigenvalue weighted by molar-refractivity contribution is 5.89. The molecular weight excluding hydrogens is 262 g/mol. The van der Waals surface area contributed by atoms with Gasteiger partial charge in [0.1, 0.15) is 0 Å². The Morgan fingerprint density at radius 2 is 2.20 bits per heavy atom. The lowest BCUT2D eigenvalue weighted by Gasteiger charge is -2.02. The van der Waals surface area contributed by atoms with Crippen LogP contribution in [0.15, 0.2) is 4.52 Å². The topological polar surface area (TPSA) is 105 Å². The monoisotopic (exact) mass is 281 g/mol. The Morgan fingerprint density at radius 3 is 2.75 bits per heavy atom. The molecule has 2 N–H and O–H groups in total. The average molecular weight is 281 g/mol. The van der Waals surface area contributed by atoms with E-state index in [1.807, 2.05) is 13.8 Å². The number of hydrogen-bond donors (Lipinski definition) is 2. The van der Waals surface area contributed by atoms with E-state index < -0.39 is 11.9 Å². The third kappa shape index (κ3) is 3.55. The molecule has 1 fully saturated rings. The van der Waals surface area contributed by atoms with E-state index in [4.69, 9.17) is 9.63 Å². The molecule has 1 saturated carbocycles. The second kappa shape index (κ2) is 6.02. The van der Waals surface area contributed by atoms with Gasteiger partial charge in [-0.05, 0) is 12.8 Å². The van der Waals surface area contributed by atoms with Crippen molar-refractivity contribution in [3.05, 3.63) is 11.7 Å². The second-order valence-corrected chi connectivity index (χ2v) is 5.38. The van der Waals surface area contributed by atoms with Crippen LogP contribution in [0.25, 0.3) is 0 Å². The van der Waals surface area contributed by atoms with Crippen LogP contribution in [0.2, 0.25) is 0 Å². The zero-order valence-corrected chi connectivity index (χ0v) is 11.6. The standard InChI is InChI=1S/C13H19N3O4/c1-7(2)11-15-10(20-16-11)4-3-5-14-12(17)8-6-9(8)13(18)19/h7-9H,3-6H2,1-2H3,(H,14,17)(H,18,19)/t8-,9-/m1/s1. The van der Waals surface area contributed by atoms with Gasteiger partial charge in [0.2, 0.25) is 11.8 Å². The number of nitrogens with zero attached hydrogens (tertiary/aromatic N) is 2. The third-order valence-electron chi connectivity index (χ3n) is 3.31. The first-order valence-electron chi connectivity index (χ1n) is 6.82. The van der Waals surface area contributed by atoms with Gasteiger partial charge in [0.25, 0.3) is 0 Å². The quantitative estimate of drug-likeness (QED) is 0.721. The smallest absolute Gasteiger partial charge is 0.307 e. The summed E-state index contributed by atoms with van der Waals surface area (Å²) < 4.78 is 5.09. The van der Waals surface area contributed by atoms with Crippen molar-refractivity contribution >= 4 is 11.9 Å². The number of carbonyl (C=O) groups excluding carboxylic acids is 1. The van der Waals surface area contributed by atoms with Gasteiger partial charge in [0.05, 0.1) is 11.8 Å². The lowest BCUT2D eigenvalue weighted by Crippen LogP contribution is -2.27. The molecule has 1 heterocycles. The molecule has 1 amide bonds. The van der Waals surface area contributed by atoms with E-state index in [0.29, 0.717) is 37.5 Å². The first-order valence-corrected chi connectivity index (χ1v) is 6.82. The number of aliphatic carboxylic acids is 1. The Balaban J connectivity index is 1.64. The van der Waals surface area contributed by atoms with Crippen molar-refractivity contribution in [1.29, 1.82) is 0 Å². The van der Waals surface area contributed by atoms with Crippen LogP contribution >= 0.6 is 0 Å². The molecule has 20 heavy (non-hydrogen) atoms. The number of carboxylic acids is 1. The molecule has 0 spiro atoms. The van der Waals surface area contributed by atoms with Crippen LogP contribution in [0.4, 0.5) is 0 Å². The maximum absolute atomic E-state index is 11.6. The summed E-state index contributed by atoms with van der Waals surface area (Å²) in [4.78, 5) is 26.5. The van der Waals surface area contributed by atoms with Crippen molar-refractivity contribution in [3.63, 3.8) is 0 Å². The Labute approximate surface area is 116 Å². The lowest BCUT2D eigenvalue weighted by atomic mass is 10.2. The van der Waals surface area contributed by atoms with Crippen molar-refractivity contribution < 1.29 is 19.2 Å². The van der Waals surface area contributed by atoms with Crippen molar-refractivity contribution in [2.45, 2.75) is 39.0 Å². The fourth-order valence-corrected chi connectivity index (χ4v) is 1.94. The molecule has 0 saturated heterocycles. The summed E-state index contributed by atoms with van der Waals surface area (Å²) in [6.07, 6.45) is 1.74. The highest BCUT2D eigenvalue weighted by atomic mass is 16.5. The highest BCUT2D eigenvalue weighted by Gasteiger charge is 2.48. The molecule has 0 aromatic carbocycles. The van der Waals surface area contributed by atoms with E-state index in [2.05, 4.69) is 15.5 Å². The number of aryl methyl sites for hydroxylation is 1. The number of aromatic nitrogens is 2. The Morgan fingerprint density at radius 1 is 1.45 bits per heavy atom. The largest absolute Gasteiger partial charge is 0.481 e. The predicted octanol–water partition coefficient (Wildman–Crippen LogP) is 0.963. The summed E-state index contributed by atoms with van der Waals surface area (Å²) in [7, 11) is 0. The van der Waals surface area contributed by atoms with Gasteiger partial charge in [-0.2, -0.15) is 4.98 Å². The SMILES string of the molecule is CC(C)c1noc(CCCNC(=O)[C@@H]2C[C@H]2C(=O)O)n1. The summed E-state index contributed by atoms with van der Waals surface area (Å²) in [6.45, 7) is 4.47. The highest BCUT2D eigenvalue weighted by Crippen LogP contribution is 2.38. The molecular formula is C13H19N3O4. The van der Waals surface area contributed by atoms with Crippen LogP contribution < -0.4 is 5.32 Å². The van der Waals surface area contributed by atoms with Crippen LogP contribution in [0.5, 0.6) is 0 Å². The van der Waals surface area contributed by atoms with Crippen molar-refractivity contribution in [2.75, 3.05) is 6.54 Å². The van der Waals surface area contributed by atoms with E-state index in [1.165, 1.54) is 0 Å². The molecule has 1 aromatic rings. The van der Waals surface area contributed by atoms with E-state index in [-0.39, 0.29) is 17.7 Å². The molecule has 1 aliphatic rings. The summed E-state index contributed by atoms with van der Waals surface area (Å²) in [5.41, 5.74) is 0. The van der Waals surface area contributed by atoms with Gasteiger partial charge in [0.15, 0.2) is 5.82 Å². The summed E-state index contributed by atoms with van der Waals surface area (Å²) >= 11 is 0. The molecule has 0 radical (unpaired) electrons. The maximum atomic E-state index is 11.6. The number of hydrogen-bond acceptors (Lipinski definition) is 5. The average Bonchev–Trinajstić information content (AvgIpc) is 3.06. The minimum absolute atomic E-state index is 0.175. The molecule has 0 aliphatic heterocycles. The van der Waals surface area contributed by atoms with Crippen LogP contribution in [-0.2, 0) is 16.0 Å². The minimum atomic E-state index is -0.891. The Bertz CT molecular complexity index is 498. The fourth-order valence-electron chi connectivity index (χ4n) is 1.94. The number of rotatable bonds is 7. The number of carbonyl (C=O) groups is 2. The lowest BCUT2D eigenvalue weighted by molar-refractivity contribution is -0.140. The molecule has 1 aliphatic carbocycles. The van der Waals surface area contributed by atoms with E-state index in [1.54, 1.807) is 0 Å². The van der Waals surface area contributed by atoms with Crippen LogP contribution in [-0.4, -0.2) is 33.7 Å². The molecule has 2 atom stereocenters. The number of carboxylic acid groups (broad SMARTS) is 1. The van der Waals surface area contributed by atoms with Gasteiger partial charge < -0.3 is 14.9 Å². The second-order valence-electron chi connectivity index (χ2n) is 5.38. The van der Waals surface area contributed by atoms with Crippen LogP contribution in [0.3, 0.4) is 0 Å². The van der Waals surface area contributed by atoms with Crippen LogP contribution in [0.1, 0.15) is 44.3 Å². The van der Waals surface area contributed by atoms with Gasteiger partial charge >= 0.3 is 5.97 Å². The van der Waals surface area contributed by atoms with Gasteiger partial charge in [-0.15, -0.1) is 0 Å². The van der Waals surface area contributed by atoms with Gasteiger partial charge in [-0.25, -0.2) is 0 Å². The first kappa shape index (κ1) is 14.5. The molecule has 1 aromatic heterocycles. The maximum Gasteiger partial charge on any atom is 0.307 e. The summed E-state index contributed by atoms with van der Waals surface area (Å²) in [5.74, 6) is -0.440. The van der Waals surface area contributed by atoms with Crippen molar-refractivity contribution in [1.82, 2.24) is 15.5 Å². The number of nitrogens with one attached hydrogen (secondary N) is 1. The first-order chi connectivity index (χ1) is 9.49. The molecule has 7 nitrogen and oxygen atoms in total. The number of amides is 1. The van der Waals surface area contributed by atoms with Crippen molar-refractivity contribution in [2.24, 2.45) is 11.8 Å². The fraction of sp³-hybridized carbons (Fsp3) is 0.692. The normalized spacial score (nSPS) is 20.9. The minimum Gasteiger partial charge on any atom is -0.481 e. The summed E-state index contributed by atoms with van der Waals surface area (Å²) in [6, 6.07) is 0.